The lowest BCUT2D eigenvalue weighted by atomic mass is 10.2. The molecule has 21 heavy (non-hydrogen) atoms. The van der Waals surface area contributed by atoms with E-state index in [0.717, 1.165) is 25.3 Å². The third kappa shape index (κ3) is 4.70. The second-order valence-corrected chi connectivity index (χ2v) is 5.17. The van der Waals surface area contributed by atoms with E-state index in [1.54, 1.807) is 18.7 Å². The van der Waals surface area contributed by atoms with Crippen LogP contribution in [-0.2, 0) is 13.0 Å². The molecule has 2 rings (SSSR count). The summed E-state index contributed by atoms with van der Waals surface area (Å²) in [4.78, 5) is 8.50. The van der Waals surface area contributed by atoms with Crippen LogP contribution in [0, 0.1) is 5.92 Å². The van der Waals surface area contributed by atoms with E-state index in [9.17, 15) is 0 Å². The molecular formula is C14H22N6O. The molecule has 7 heteroatoms. The summed E-state index contributed by atoms with van der Waals surface area (Å²) < 4.78 is 7.59. The van der Waals surface area contributed by atoms with E-state index in [0.29, 0.717) is 24.2 Å². The summed E-state index contributed by atoms with van der Waals surface area (Å²) >= 11 is 0. The third-order valence-electron chi connectivity index (χ3n) is 2.85. The Morgan fingerprint density at radius 2 is 2.19 bits per heavy atom. The van der Waals surface area contributed by atoms with Gasteiger partial charge < -0.3 is 14.6 Å². The van der Waals surface area contributed by atoms with E-state index in [1.165, 1.54) is 0 Å². The Balaban J connectivity index is 1.84. The number of anilines is 1. The van der Waals surface area contributed by atoms with Crippen molar-refractivity contribution in [2.24, 2.45) is 5.92 Å². The molecule has 2 aromatic rings. The van der Waals surface area contributed by atoms with Crippen LogP contribution in [0.2, 0.25) is 0 Å². The fourth-order valence-electron chi connectivity index (χ4n) is 1.80. The summed E-state index contributed by atoms with van der Waals surface area (Å²) in [5.41, 5.74) is 0. The average Bonchev–Trinajstić information content (AvgIpc) is 2.93. The van der Waals surface area contributed by atoms with Crippen LogP contribution in [0.5, 0.6) is 5.88 Å². The molecule has 0 saturated heterocycles. The maximum Gasteiger partial charge on any atom is 0.234 e. The first-order valence-corrected chi connectivity index (χ1v) is 7.24. The van der Waals surface area contributed by atoms with E-state index < -0.39 is 0 Å². The minimum Gasteiger partial charge on any atom is -0.476 e. The Kier molecular flexibility index (Phi) is 5.48. The lowest BCUT2D eigenvalue weighted by Gasteiger charge is -2.10. The number of aromatic nitrogens is 5. The summed E-state index contributed by atoms with van der Waals surface area (Å²) in [6.45, 7) is 8.41. The van der Waals surface area contributed by atoms with Crippen molar-refractivity contribution in [2.45, 2.75) is 33.7 Å². The highest BCUT2D eigenvalue weighted by atomic mass is 16.5. The maximum absolute atomic E-state index is 5.56. The van der Waals surface area contributed by atoms with E-state index in [4.69, 9.17) is 4.74 Å². The first-order valence-electron chi connectivity index (χ1n) is 7.24. The number of ether oxygens (including phenoxy) is 1. The quantitative estimate of drug-likeness (QED) is 0.798. The molecule has 0 aliphatic carbocycles. The Hall–Kier alpha value is -2.18. The van der Waals surface area contributed by atoms with Crippen molar-refractivity contribution < 1.29 is 4.74 Å². The van der Waals surface area contributed by atoms with Gasteiger partial charge in [0.05, 0.1) is 19.0 Å². The van der Waals surface area contributed by atoms with Gasteiger partial charge in [-0.15, -0.1) is 10.2 Å². The van der Waals surface area contributed by atoms with Crippen LogP contribution in [0.3, 0.4) is 0 Å². The number of nitrogens with one attached hydrogen (secondary N) is 1. The Morgan fingerprint density at radius 1 is 1.33 bits per heavy atom. The van der Waals surface area contributed by atoms with Crippen LogP contribution in [0.4, 0.5) is 5.82 Å². The first kappa shape index (κ1) is 15.2. The average molecular weight is 290 g/mol. The molecule has 0 saturated carbocycles. The molecule has 2 aromatic heterocycles. The summed E-state index contributed by atoms with van der Waals surface area (Å²) in [7, 11) is 0. The van der Waals surface area contributed by atoms with Gasteiger partial charge in [0.1, 0.15) is 18.0 Å². The van der Waals surface area contributed by atoms with E-state index in [2.05, 4.69) is 46.3 Å². The molecule has 0 amide bonds. The van der Waals surface area contributed by atoms with Gasteiger partial charge in [-0.05, 0) is 5.92 Å². The van der Waals surface area contributed by atoms with Gasteiger partial charge in [0.15, 0.2) is 0 Å². The molecule has 0 atom stereocenters. The minimum atomic E-state index is 0.463. The van der Waals surface area contributed by atoms with Gasteiger partial charge in [-0.1, -0.05) is 20.8 Å². The first-order chi connectivity index (χ1) is 10.2. The lowest BCUT2D eigenvalue weighted by molar-refractivity contribution is 0.260. The molecular weight excluding hydrogens is 268 g/mol. The van der Waals surface area contributed by atoms with Gasteiger partial charge in [0.2, 0.25) is 5.88 Å². The molecule has 0 radical (unpaired) electrons. The van der Waals surface area contributed by atoms with Crippen LogP contribution in [-0.4, -0.2) is 37.9 Å². The summed E-state index contributed by atoms with van der Waals surface area (Å²) in [6, 6.07) is 0. The maximum atomic E-state index is 5.56. The van der Waals surface area contributed by atoms with Gasteiger partial charge in [0.25, 0.3) is 0 Å². The summed E-state index contributed by atoms with van der Waals surface area (Å²) in [6.07, 6.45) is 5.93. The molecule has 0 aromatic carbocycles. The van der Waals surface area contributed by atoms with Crippen LogP contribution in [0.1, 0.15) is 26.6 Å². The van der Waals surface area contributed by atoms with Gasteiger partial charge in [0, 0.05) is 19.5 Å². The number of rotatable bonds is 8. The van der Waals surface area contributed by atoms with Crippen molar-refractivity contribution in [1.82, 2.24) is 24.7 Å². The Morgan fingerprint density at radius 3 is 2.95 bits per heavy atom. The van der Waals surface area contributed by atoms with E-state index in [-0.39, 0.29) is 0 Å². The van der Waals surface area contributed by atoms with Crippen molar-refractivity contribution in [3.05, 3.63) is 24.5 Å². The predicted octanol–water partition coefficient (Wildman–Crippen LogP) is 1.78. The number of aryl methyl sites for hydroxylation is 1. The van der Waals surface area contributed by atoms with Crippen molar-refractivity contribution in [2.75, 3.05) is 18.5 Å². The van der Waals surface area contributed by atoms with Gasteiger partial charge in [-0.2, -0.15) is 4.98 Å². The highest BCUT2D eigenvalue weighted by Crippen LogP contribution is 2.10. The fraction of sp³-hybridized carbons (Fsp3) is 0.571. The molecule has 2 heterocycles. The molecule has 7 nitrogen and oxygen atoms in total. The van der Waals surface area contributed by atoms with Crippen LogP contribution in [0.15, 0.2) is 18.7 Å². The standard InChI is InChI=1S/C14H22N6O/c1-4-13-19-17-10-20(13)6-5-16-12-7-15-8-14(18-12)21-9-11(2)3/h7-8,10-11H,4-6,9H2,1-3H3,(H,16,18). The van der Waals surface area contributed by atoms with E-state index >= 15 is 0 Å². The van der Waals surface area contributed by atoms with E-state index in [1.807, 2.05) is 4.57 Å². The highest BCUT2D eigenvalue weighted by molar-refractivity contribution is 5.32. The molecule has 0 bridgehead atoms. The zero-order valence-corrected chi connectivity index (χ0v) is 12.8. The monoisotopic (exact) mass is 290 g/mol. The molecule has 0 aliphatic rings. The molecule has 0 aliphatic heterocycles. The largest absolute Gasteiger partial charge is 0.476 e. The third-order valence-corrected chi connectivity index (χ3v) is 2.85. The molecule has 0 spiro atoms. The lowest BCUT2D eigenvalue weighted by Crippen LogP contribution is -2.13. The smallest absolute Gasteiger partial charge is 0.234 e. The highest BCUT2D eigenvalue weighted by Gasteiger charge is 2.03. The molecule has 0 fully saturated rings. The van der Waals surface area contributed by atoms with Gasteiger partial charge >= 0.3 is 0 Å². The predicted molar refractivity (Wildman–Crippen MR) is 80.3 cm³/mol. The SMILES string of the molecule is CCc1nncn1CCNc1cncc(OCC(C)C)n1. The second-order valence-electron chi connectivity index (χ2n) is 5.17. The zero-order valence-electron chi connectivity index (χ0n) is 12.8. The topological polar surface area (TPSA) is 77.8 Å². The van der Waals surface area contributed by atoms with Crippen LogP contribution >= 0.6 is 0 Å². The zero-order chi connectivity index (χ0) is 15.1. The van der Waals surface area contributed by atoms with Crippen LogP contribution < -0.4 is 10.1 Å². The molecule has 1 N–H and O–H groups in total. The summed E-state index contributed by atoms with van der Waals surface area (Å²) in [5.74, 6) is 2.70. The summed E-state index contributed by atoms with van der Waals surface area (Å²) in [5, 5.41) is 11.2. The van der Waals surface area contributed by atoms with Crippen molar-refractivity contribution in [3.8, 4) is 5.88 Å². The fourth-order valence-corrected chi connectivity index (χ4v) is 1.80. The normalized spacial score (nSPS) is 10.9. The van der Waals surface area contributed by atoms with Crippen molar-refractivity contribution in [3.63, 3.8) is 0 Å². The number of hydrogen-bond donors (Lipinski definition) is 1. The molecule has 114 valence electrons. The van der Waals surface area contributed by atoms with Gasteiger partial charge in [-0.3, -0.25) is 4.98 Å². The Labute approximate surface area is 124 Å². The minimum absolute atomic E-state index is 0.463. The van der Waals surface area contributed by atoms with Crippen LogP contribution in [0.25, 0.3) is 0 Å². The number of hydrogen-bond acceptors (Lipinski definition) is 6. The van der Waals surface area contributed by atoms with Crippen molar-refractivity contribution >= 4 is 5.82 Å². The Bertz CT molecular complexity index is 554. The molecule has 0 unspecified atom stereocenters. The number of nitrogens with zero attached hydrogens (tertiary/aromatic N) is 5. The van der Waals surface area contributed by atoms with Crippen molar-refractivity contribution in [1.29, 1.82) is 0 Å². The second kappa shape index (κ2) is 7.56. The van der Waals surface area contributed by atoms with Gasteiger partial charge in [-0.25, -0.2) is 0 Å².